The largest absolute Gasteiger partial charge is 0.458 e. The Kier molecular flexibility index (Phi) is 3.03. The molecule has 4 rings (SSSR count). The molecule has 0 aliphatic heterocycles. The van der Waals surface area contributed by atoms with Gasteiger partial charge in [0.1, 0.15) is 6.10 Å². The fraction of sp³-hybridized carbons (Fsp3) is 0.471. The van der Waals surface area contributed by atoms with Crippen LogP contribution in [0.25, 0.3) is 0 Å². The molecule has 5 heteroatoms. The molecule has 1 aromatic carbocycles. The third-order valence-corrected chi connectivity index (χ3v) is 5.51. The van der Waals surface area contributed by atoms with Gasteiger partial charge in [0.2, 0.25) is 0 Å². The summed E-state index contributed by atoms with van der Waals surface area (Å²) in [6.07, 6.45) is 7.83. The Morgan fingerprint density at radius 2 is 1.95 bits per heavy atom. The van der Waals surface area contributed by atoms with E-state index in [9.17, 15) is 14.9 Å². The van der Waals surface area contributed by atoms with Crippen LogP contribution in [-0.2, 0) is 4.74 Å². The summed E-state index contributed by atoms with van der Waals surface area (Å²) in [5.74, 6) is 2.11. The second-order valence-corrected chi connectivity index (χ2v) is 6.55. The smallest absolute Gasteiger partial charge is 0.338 e. The maximum absolute atomic E-state index is 12.2. The van der Waals surface area contributed by atoms with Crippen molar-refractivity contribution in [2.75, 3.05) is 0 Å². The molecule has 0 radical (unpaired) electrons. The molecule has 0 N–H and O–H groups in total. The Bertz CT molecular complexity index is 651. The zero-order valence-electron chi connectivity index (χ0n) is 12.1. The second-order valence-electron chi connectivity index (χ2n) is 6.55. The summed E-state index contributed by atoms with van der Waals surface area (Å²) in [4.78, 5) is 22.4. The van der Waals surface area contributed by atoms with Crippen LogP contribution < -0.4 is 0 Å². The minimum atomic E-state index is -0.474. The van der Waals surface area contributed by atoms with Crippen molar-refractivity contribution in [1.29, 1.82) is 0 Å². The van der Waals surface area contributed by atoms with Gasteiger partial charge in [-0.25, -0.2) is 4.79 Å². The minimum absolute atomic E-state index is 0.00819. The predicted molar refractivity (Wildman–Crippen MR) is 79.3 cm³/mol. The summed E-state index contributed by atoms with van der Waals surface area (Å²) in [7, 11) is 0. The molecular weight excluding hydrogens is 282 g/mol. The van der Waals surface area contributed by atoms with Gasteiger partial charge >= 0.3 is 5.97 Å². The first-order valence-corrected chi connectivity index (χ1v) is 7.75. The van der Waals surface area contributed by atoms with Crippen molar-refractivity contribution in [2.24, 2.45) is 23.7 Å². The molecule has 0 heterocycles. The fourth-order valence-corrected chi connectivity index (χ4v) is 4.56. The number of nitrogens with zero attached hydrogens (tertiary/aromatic N) is 1. The van der Waals surface area contributed by atoms with Crippen LogP contribution in [-0.4, -0.2) is 17.0 Å². The summed E-state index contributed by atoms with van der Waals surface area (Å²) in [5, 5.41) is 10.6. The highest BCUT2D eigenvalue weighted by Crippen LogP contribution is 2.57. The van der Waals surface area contributed by atoms with Crippen molar-refractivity contribution in [2.45, 2.75) is 25.4 Å². The number of hydrogen-bond donors (Lipinski definition) is 0. The minimum Gasteiger partial charge on any atom is -0.458 e. The standard InChI is InChI=1S/C17H17NO4/c19-17(10-4-6-12(7-5-10)18(20)21)22-16-9-11-8-15(16)14-3-1-2-13(11)14/h1-2,4-7,11,13-16H,3,8-9H2. The van der Waals surface area contributed by atoms with E-state index in [1.165, 1.54) is 24.3 Å². The van der Waals surface area contributed by atoms with E-state index in [1.54, 1.807) is 0 Å². The van der Waals surface area contributed by atoms with Crippen LogP contribution in [0.2, 0.25) is 0 Å². The van der Waals surface area contributed by atoms with Crippen molar-refractivity contribution in [3.05, 3.63) is 52.1 Å². The number of esters is 1. The topological polar surface area (TPSA) is 69.4 Å². The number of hydrogen-bond acceptors (Lipinski definition) is 4. The quantitative estimate of drug-likeness (QED) is 0.371. The molecule has 2 saturated carbocycles. The summed E-state index contributed by atoms with van der Waals surface area (Å²) < 4.78 is 5.70. The number of fused-ring (bicyclic) bond motifs is 5. The Labute approximate surface area is 128 Å². The molecule has 2 bridgehead atoms. The van der Waals surface area contributed by atoms with E-state index in [-0.39, 0.29) is 17.8 Å². The number of ether oxygens (including phenoxy) is 1. The van der Waals surface area contributed by atoms with Gasteiger partial charge in [-0.05, 0) is 55.1 Å². The van der Waals surface area contributed by atoms with Gasteiger partial charge in [-0.3, -0.25) is 10.1 Å². The number of nitro groups is 1. The van der Waals surface area contributed by atoms with Crippen LogP contribution in [0.4, 0.5) is 5.69 Å². The van der Waals surface area contributed by atoms with Crippen molar-refractivity contribution >= 4 is 11.7 Å². The molecule has 3 aliphatic carbocycles. The van der Waals surface area contributed by atoms with Gasteiger partial charge in [-0.15, -0.1) is 0 Å². The number of allylic oxidation sites excluding steroid dienone is 2. The third-order valence-electron chi connectivity index (χ3n) is 5.51. The van der Waals surface area contributed by atoms with Crippen LogP contribution in [0.3, 0.4) is 0 Å². The lowest BCUT2D eigenvalue weighted by molar-refractivity contribution is -0.384. The highest BCUT2D eigenvalue weighted by molar-refractivity contribution is 5.89. The predicted octanol–water partition coefficient (Wildman–Crippen LogP) is 3.35. The first kappa shape index (κ1) is 13.5. The molecule has 1 aromatic rings. The molecule has 22 heavy (non-hydrogen) atoms. The number of carbonyl (C=O) groups is 1. The Morgan fingerprint density at radius 1 is 1.18 bits per heavy atom. The molecule has 5 unspecified atom stereocenters. The van der Waals surface area contributed by atoms with Gasteiger partial charge in [-0.1, -0.05) is 12.2 Å². The van der Waals surface area contributed by atoms with Crippen LogP contribution in [0.15, 0.2) is 36.4 Å². The Balaban J connectivity index is 1.44. The van der Waals surface area contributed by atoms with E-state index in [2.05, 4.69) is 12.2 Å². The van der Waals surface area contributed by atoms with Gasteiger partial charge in [0, 0.05) is 12.1 Å². The first-order chi connectivity index (χ1) is 10.6. The second kappa shape index (κ2) is 4.93. The van der Waals surface area contributed by atoms with E-state index in [1.807, 2.05) is 0 Å². The highest BCUT2D eigenvalue weighted by atomic mass is 16.6. The first-order valence-electron chi connectivity index (χ1n) is 7.75. The molecule has 0 saturated heterocycles. The highest BCUT2D eigenvalue weighted by Gasteiger charge is 2.53. The number of carbonyl (C=O) groups excluding carboxylic acids is 1. The van der Waals surface area contributed by atoms with Crippen LogP contribution in [0, 0.1) is 33.8 Å². The maximum atomic E-state index is 12.2. The molecule has 2 fully saturated rings. The Morgan fingerprint density at radius 3 is 2.68 bits per heavy atom. The van der Waals surface area contributed by atoms with Gasteiger partial charge in [0.25, 0.3) is 5.69 Å². The summed E-state index contributed by atoms with van der Waals surface area (Å²) in [6, 6.07) is 5.61. The van der Waals surface area contributed by atoms with Crippen molar-refractivity contribution < 1.29 is 14.5 Å². The third kappa shape index (κ3) is 2.03. The van der Waals surface area contributed by atoms with Gasteiger partial charge in [0.15, 0.2) is 0 Å². The van der Waals surface area contributed by atoms with Crippen LogP contribution in [0.5, 0.6) is 0 Å². The molecule has 0 aromatic heterocycles. The summed E-state index contributed by atoms with van der Waals surface area (Å²) >= 11 is 0. The lowest BCUT2D eigenvalue weighted by Crippen LogP contribution is -2.32. The molecule has 114 valence electrons. The lowest BCUT2D eigenvalue weighted by Gasteiger charge is -2.31. The molecule has 5 nitrogen and oxygen atoms in total. The summed E-state index contributed by atoms with van der Waals surface area (Å²) in [5.41, 5.74) is 0.366. The number of benzene rings is 1. The van der Waals surface area contributed by atoms with Crippen molar-refractivity contribution in [3.63, 3.8) is 0 Å². The zero-order valence-corrected chi connectivity index (χ0v) is 12.1. The monoisotopic (exact) mass is 299 g/mol. The van der Waals surface area contributed by atoms with Crippen LogP contribution in [0.1, 0.15) is 29.6 Å². The zero-order chi connectivity index (χ0) is 15.3. The molecular formula is C17H17NO4. The average Bonchev–Trinajstić information content (AvgIpc) is 3.19. The number of rotatable bonds is 3. The van der Waals surface area contributed by atoms with Gasteiger partial charge < -0.3 is 4.74 Å². The van der Waals surface area contributed by atoms with Gasteiger partial charge in [-0.2, -0.15) is 0 Å². The summed E-state index contributed by atoms with van der Waals surface area (Å²) in [6.45, 7) is 0. The number of nitro benzene ring substituents is 1. The van der Waals surface area contributed by atoms with E-state index in [4.69, 9.17) is 4.74 Å². The average molecular weight is 299 g/mol. The molecule has 0 spiro atoms. The lowest BCUT2D eigenvalue weighted by atomic mass is 9.80. The maximum Gasteiger partial charge on any atom is 0.338 e. The van der Waals surface area contributed by atoms with E-state index in [0.717, 1.165) is 19.3 Å². The normalized spacial score (nSPS) is 34.6. The number of non-ortho nitro benzene ring substituents is 1. The van der Waals surface area contributed by atoms with Crippen LogP contribution >= 0.6 is 0 Å². The van der Waals surface area contributed by atoms with Crippen molar-refractivity contribution in [3.8, 4) is 0 Å². The van der Waals surface area contributed by atoms with Gasteiger partial charge in [0.05, 0.1) is 10.5 Å². The van der Waals surface area contributed by atoms with E-state index < -0.39 is 4.92 Å². The van der Waals surface area contributed by atoms with E-state index in [0.29, 0.717) is 29.2 Å². The molecule has 5 atom stereocenters. The fourth-order valence-electron chi connectivity index (χ4n) is 4.56. The molecule has 3 aliphatic rings. The van der Waals surface area contributed by atoms with Crippen molar-refractivity contribution in [1.82, 2.24) is 0 Å². The van der Waals surface area contributed by atoms with E-state index >= 15 is 0 Å². The molecule has 0 amide bonds. The Hall–Kier alpha value is -2.17. The SMILES string of the molecule is O=C(OC1CC2CC1C1CC=CC21)c1ccc([N+](=O)[O-])cc1.